The first-order valence-electron chi connectivity index (χ1n) is 6.42. The molecule has 3 rings (SSSR count). The number of halogens is 1. The van der Waals surface area contributed by atoms with Gasteiger partial charge in [0.25, 0.3) is 0 Å². The molecule has 5 heteroatoms. The van der Waals surface area contributed by atoms with E-state index in [0.717, 1.165) is 33.0 Å². The SMILES string of the molecule is COc1ccc(-c2nc3cccc(Br)n3c2CC#N)cc1. The predicted molar refractivity (Wildman–Crippen MR) is 84.2 cm³/mol. The van der Waals surface area contributed by atoms with Gasteiger partial charge in [0.15, 0.2) is 0 Å². The highest BCUT2D eigenvalue weighted by molar-refractivity contribution is 9.10. The van der Waals surface area contributed by atoms with Gasteiger partial charge in [0.1, 0.15) is 11.4 Å². The third-order valence-corrected chi connectivity index (χ3v) is 3.92. The van der Waals surface area contributed by atoms with Crippen LogP contribution in [0.15, 0.2) is 47.1 Å². The summed E-state index contributed by atoms with van der Waals surface area (Å²) in [4.78, 5) is 4.66. The third-order valence-electron chi connectivity index (χ3n) is 3.30. The van der Waals surface area contributed by atoms with Crippen LogP contribution in [0.2, 0.25) is 0 Å². The topological polar surface area (TPSA) is 50.3 Å². The smallest absolute Gasteiger partial charge is 0.138 e. The van der Waals surface area contributed by atoms with Crippen LogP contribution in [0.1, 0.15) is 5.69 Å². The van der Waals surface area contributed by atoms with Crippen LogP contribution in [0.4, 0.5) is 0 Å². The molecular formula is C16H12BrN3O. The fourth-order valence-corrected chi connectivity index (χ4v) is 2.88. The van der Waals surface area contributed by atoms with Crippen molar-refractivity contribution in [1.29, 1.82) is 5.26 Å². The average molecular weight is 342 g/mol. The molecule has 0 fully saturated rings. The maximum Gasteiger partial charge on any atom is 0.138 e. The summed E-state index contributed by atoms with van der Waals surface area (Å²) >= 11 is 3.52. The summed E-state index contributed by atoms with van der Waals surface area (Å²) < 4.78 is 8.02. The van der Waals surface area contributed by atoms with Crippen molar-refractivity contribution in [2.24, 2.45) is 0 Å². The second-order valence-corrected chi connectivity index (χ2v) is 5.33. The molecule has 104 valence electrons. The number of ether oxygens (including phenoxy) is 1. The predicted octanol–water partition coefficient (Wildman–Crippen LogP) is 3.84. The van der Waals surface area contributed by atoms with E-state index in [2.05, 4.69) is 27.0 Å². The van der Waals surface area contributed by atoms with E-state index in [1.54, 1.807) is 7.11 Å². The second kappa shape index (κ2) is 5.58. The van der Waals surface area contributed by atoms with Gasteiger partial charge in [-0.15, -0.1) is 0 Å². The van der Waals surface area contributed by atoms with Crippen LogP contribution in [0.5, 0.6) is 5.75 Å². The molecule has 0 aliphatic carbocycles. The van der Waals surface area contributed by atoms with Crippen molar-refractivity contribution in [2.75, 3.05) is 7.11 Å². The molecule has 0 saturated heterocycles. The van der Waals surface area contributed by atoms with Gasteiger partial charge in [-0.25, -0.2) is 4.98 Å². The van der Waals surface area contributed by atoms with Crippen LogP contribution < -0.4 is 4.74 Å². The molecule has 0 spiro atoms. The zero-order chi connectivity index (χ0) is 14.8. The van der Waals surface area contributed by atoms with E-state index >= 15 is 0 Å². The molecule has 0 atom stereocenters. The monoisotopic (exact) mass is 341 g/mol. The molecule has 1 aromatic carbocycles. The first kappa shape index (κ1) is 13.7. The first-order valence-corrected chi connectivity index (χ1v) is 7.21. The molecule has 0 saturated carbocycles. The number of rotatable bonds is 3. The molecule has 0 N–H and O–H groups in total. The zero-order valence-corrected chi connectivity index (χ0v) is 13.0. The van der Waals surface area contributed by atoms with Gasteiger partial charge in [0, 0.05) is 5.56 Å². The van der Waals surface area contributed by atoms with Crippen LogP contribution in [-0.2, 0) is 6.42 Å². The summed E-state index contributed by atoms with van der Waals surface area (Å²) in [5, 5.41) is 9.12. The molecular weight excluding hydrogens is 330 g/mol. The lowest BCUT2D eigenvalue weighted by atomic mass is 10.1. The average Bonchev–Trinajstić information content (AvgIpc) is 2.88. The fraction of sp³-hybridized carbons (Fsp3) is 0.125. The van der Waals surface area contributed by atoms with Crippen LogP contribution in [0, 0.1) is 11.3 Å². The van der Waals surface area contributed by atoms with Crippen LogP contribution in [0.25, 0.3) is 16.9 Å². The molecule has 0 aliphatic rings. The molecule has 0 radical (unpaired) electrons. The van der Waals surface area contributed by atoms with Gasteiger partial charge in [-0.2, -0.15) is 5.26 Å². The van der Waals surface area contributed by atoms with Crippen molar-refractivity contribution < 1.29 is 4.74 Å². The van der Waals surface area contributed by atoms with Gasteiger partial charge >= 0.3 is 0 Å². The molecule has 4 nitrogen and oxygen atoms in total. The number of benzene rings is 1. The highest BCUT2D eigenvalue weighted by Gasteiger charge is 2.15. The molecule has 2 aromatic heterocycles. The Morgan fingerprint density at radius 3 is 2.67 bits per heavy atom. The quantitative estimate of drug-likeness (QED) is 0.680. The van der Waals surface area contributed by atoms with E-state index in [1.165, 1.54) is 0 Å². The minimum absolute atomic E-state index is 0.297. The van der Waals surface area contributed by atoms with Crippen molar-refractivity contribution in [2.45, 2.75) is 6.42 Å². The van der Waals surface area contributed by atoms with Crippen molar-refractivity contribution in [3.8, 4) is 23.1 Å². The van der Waals surface area contributed by atoms with E-state index in [-0.39, 0.29) is 0 Å². The van der Waals surface area contributed by atoms with E-state index in [4.69, 9.17) is 10.00 Å². The molecule has 0 aliphatic heterocycles. The van der Waals surface area contributed by atoms with E-state index in [0.29, 0.717) is 6.42 Å². The van der Waals surface area contributed by atoms with Crippen LogP contribution in [-0.4, -0.2) is 16.5 Å². The molecule has 2 heterocycles. The Hall–Kier alpha value is -2.32. The fourth-order valence-electron chi connectivity index (χ4n) is 2.33. The lowest BCUT2D eigenvalue weighted by Crippen LogP contribution is -1.95. The summed E-state index contributed by atoms with van der Waals surface area (Å²) in [5.41, 5.74) is 3.49. The lowest BCUT2D eigenvalue weighted by Gasteiger charge is -2.04. The first-order chi connectivity index (χ1) is 10.2. The van der Waals surface area contributed by atoms with E-state index in [9.17, 15) is 0 Å². The molecule has 0 amide bonds. The Bertz CT molecular complexity index is 831. The number of aromatic nitrogens is 2. The third kappa shape index (κ3) is 2.39. The number of fused-ring (bicyclic) bond motifs is 1. The summed E-state index contributed by atoms with van der Waals surface area (Å²) in [5.74, 6) is 0.797. The van der Waals surface area contributed by atoms with Crippen molar-refractivity contribution in [1.82, 2.24) is 9.38 Å². The van der Waals surface area contributed by atoms with Crippen LogP contribution in [0.3, 0.4) is 0 Å². The van der Waals surface area contributed by atoms with Gasteiger partial charge in [0.2, 0.25) is 0 Å². The normalized spacial score (nSPS) is 10.5. The Morgan fingerprint density at radius 2 is 2.00 bits per heavy atom. The van der Waals surface area contributed by atoms with Gasteiger partial charge < -0.3 is 4.74 Å². The number of imidazole rings is 1. The molecule has 0 bridgehead atoms. The standard InChI is InChI=1S/C16H12BrN3O/c1-21-12-7-5-11(6-8-12)16-13(9-10-18)20-14(17)3-2-4-15(20)19-16/h2-8H,9H2,1H3. The summed E-state index contributed by atoms with van der Waals surface area (Å²) in [6.45, 7) is 0. The van der Waals surface area contributed by atoms with E-state index < -0.39 is 0 Å². The Labute approximate surface area is 130 Å². The second-order valence-electron chi connectivity index (χ2n) is 4.51. The maximum atomic E-state index is 9.12. The Morgan fingerprint density at radius 1 is 1.24 bits per heavy atom. The zero-order valence-electron chi connectivity index (χ0n) is 11.4. The van der Waals surface area contributed by atoms with Gasteiger partial charge in [0.05, 0.1) is 35.6 Å². The minimum atomic E-state index is 0.297. The number of hydrogen-bond donors (Lipinski definition) is 0. The Balaban J connectivity index is 2.23. The molecule has 21 heavy (non-hydrogen) atoms. The molecule has 3 aromatic rings. The summed E-state index contributed by atoms with van der Waals surface area (Å²) in [6.07, 6.45) is 0.297. The van der Waals surface area contributed by atoms with E-state index in [1.807, 2.05) is 46.9 Å². The number of nitriles is 1. The highest BCUT2D eigenvalue weighted by Crippen LogP contribution is 2.28. The van der Waals surface area contributed by atoms with Crippen LogP contribution >= 0.6 is 15.9 Å². The lowest BCUT2D eigenvalue weighted by molar-refractivity contribution is 0.415. The van der Waals surface area contributed by atoms with Gasteiger partial charge in [-0.05, 0) is 52.3 Å². The number of hydrogen-bond acceptors (Lipinski definition) is 3. The molecule has 0 unspecified atom stereocenters. The van der Waals surface area contributed by atoms with Crippen molar-refractivity contribution in [3.05, 3.63) is 52.8 Å². The number of pyridine rings is 1. The van der Waals surface area contributed by atoms with Crippen molar-refractivity contribution >= 4 is 21.6 Å². The number of nitrogens with zero attached hydrogens (tertiary/aromatic N) is 3. The minimum Gasteiger partial charge on any atom is -0.497 e. The summed E-state index contributed by atoms with van der Waals surface area (Å²) in [7, 11) is 1.64. The Kier molecular flexibility index (Phi) is 3.63. The maximum absolute atomic E-state index is 9.12. The largest absolute Gasteiger partial charge is 0.497 e. The van der Waals surface area contributed by atoms with Gasteiger partial charge in [-0.3, -0.25) is 4.40 Å². The highest BCUT2D eigenvalue weighted by atomic mass is 79.9. The number of methoxy groups -OCH3 is 1. The summed E-state index contributed by atoms with van der Waals surface area (Å²) in [6, 6.07) is 15.7. The van der Waals surface area contributed by atoms with Crippen molar-refractivity contribution in [3.63, 3.8) is 0 Å². The van der Waals surface area contributed by atoms with Gasteiger partial charge in [-0.1, -0.05) is 6.07 Å².